The summed E-state index contributed by atoms with van der Waals surface area (Å²) < 4.78 is 0. The Morgan fingerprint density at radius 2 is 2.00 bits per heavy atom. The fraction of sp³-hybridized carbons (Fsp3) is 0.800. The van der Waals surface area contributed by atoms with Crippen LogP contribution >= 0.6 is 0 Å². The molecule has 0 radical (unpaired) electrons. The zero-order valence-corrected chi connectivity index (χ0v) is 9.44. The number of carbonyl (C=O) groups excluding carboxylic acids is 1. The second-order valence-corrected chi connectivity index (χ2v) is 3.99. The molecule has 0 aromatic carbocycles. The maximum atomic E-state index is 11.5. The van der Waals surface area contributed by atoms with Gasteiger partial charge in [-0.3, -0.25) is 4.84 Å². The molecule has 6 heteroatoms. The number of nitrogens with zero attached hydrogens (tertiary/aromatic N) is 1. The van der Waals surface area contributed by atoms with Gasteiger partial charge in [0.25, 0.3) is 0 Å². The van der Waals surface area contributed by atoms with Crippen molar-refractivity contribution in [3.8, 4) is 0 Å². The van der Waals surface area contributed by atoms with Gasteiger partial charge >= 0.3 is 12.0 Å². The molecule has 2 amide bonds. The van der Waals surface area contributed by atoms with Gasteiger partial charge in [-0.05, 0) is 12.8 Å². The number of hydrogen-bond donors (Lipinski definition) is 2. The summed E-state index contributed by atoms with van der Waals surface area (Å²) in [5.41, 5.74) is 2.12. The van der Waals surface area contributed by atoms with Gasteiger partial charge in [0.2, 0.25) is 0 Å². The fourth-order valence-electron chi connectivity index (χ4n) is 1.87. The van der Waals surface area contributed by atoms with Crippen molar-refractivity contribution >= 4 is 12.0 Å². The number of carboxylic acids is 1. The lowest BCUT2D eigenvalue weighted by molar-refractivity contribution is -0.144. The highest BCUT2D eigenvalue weighted by Crippen LogP contribution is 2.21. The Labute approximate surface area is 94.5 Å². The first-order valence-corrected chi connectivity index (χ1v) is 5.47. The van der Waals surface area contributed by atoms with E-state index in [4.69, 9.17) is 5.11 Å². The number of nitrogens with one attached hydrogen (secondary N) is 1. The normalized spacial score (nSPS) is 16.8. The van der Waals surface area contributed by atoms with Gasteiger partial charge in [0.05, 0.1) is 0 Å². The smallest absolute Gasteiger partial charge is 0.341 e. The van der Waals surface area contributed by atoms with E-state index in [1.54, 1.807) is 11.9 Å². The predicted octanol–water partition coefficient (Wildman–Crippen LogP) is 0.977. The zero-order chi connectivity index (χ0) is 12.0. The van der Waals surface area contributed by atoms with E-state index in [1.165, 1.54) is 6.42 Å². The Kier molecular flexibility index (Phi) is 5.04. The van der Waals surface area contributed by atoms with Crippen LogP contribution in [-0.2, 0) is 9.63 Å². The van der Waals surface area contributed by atoms with E-state index in [0.29, 0.717) is 0 Å². The number of aliphatic carboxylic acids is 1. The molecule has 0 spiro atoms. The molecule has 0 aromatic heterocycles. The van der Waals surface area contributed by atoms with Crippen LogP contribution in [0.2, 0.25) is 0 Å². The van der Waals surface area contributed by atoms with Crippen LogP contribution in [0.15, 0.2) is 0 Å². The topological polar surface area (TPSA) is 78.9 Å². The standard InChI is InChI=1S/C10H18N2O4/c1-12(8-5-3-2-4-6-8)10(15)11-16-7-9(13)14/h8H,2-7H2,1H3,(H,11,15)(H,13,14). The van der Waals surface area contributed by atoms with Crippen molar-refractivity contribution in [2.75, 3.05) is 13.7 Å². The minimum absolute atomic E-state index is 0.238. The van der Waals surface area contributed by atoms with Crippen molar-refractivity contribution in [1.29, 1.82) is 0 Å². The number of carboxylic acid groups (broad SMARTS) is 1. The molecule has 1 fully saturated rings. The number of carbonyl (C=O) groups is 2. The molecule has 0 saturated heterocycles. The summed E-state index contributed by atoms with van der Waals surface area (Å²) in [5.74, 6) is -1.11. The van der Waals surface area contributed by atoms with Crippen LogP contribution in [0.25, 0.3) is 0 Å². The Hall–Kier alpha value is -1.30. The van der Waals surface area contributed by atoms with Gasteiger partial charge in [0, 0.05) is 13.1 Å². The molecule has 1 saturated carbocycles. The van der Waals surface area contributed by atoms with Crippen LogP contribution in [0.1, 0.15) is 32.1 Å². The molecule has 6 nitrogen and oxygen atoms in total. The SMILES string of the molecule is CN(C(=O)NOCC(=O)O)C1CCCCC1. The van der Waals surface area contributed by atoms with E-state index in [9.17, 15) is 9.59 Å². The average Bonchev–Trinajstić information content (AvgIpc) is 2.28. The van der Waals surface area contributed by atoms with Crippen LogP contribution in [-0.4, -0.2) is 41.7 Å². The van der Waals surface area contributed by atoms with Gasteiger partial charge in [-0.25, -0.2) is 15.1 Å². The maximum absolute atomic E-state index is 11.5. The van der Waals surface area contributed by atoms with Crippen LogP contribution in [0.5, 0.6) is 0 Å². The first-order chi connectivity index (χ1) is 7.61. The third-order valence-corrected chi connectivity index (χ3v) is 2.80. The van der Waals surface area contributed by atoms with Crippen molar-refractivity contribution in [1.82, 2.24) is 10.4 Å². The summed E-state index contributed by atoms with van der Waals surface area (Å²) in [5, 5.41) is 8.32. The van der Waals surface area contributed by atoms with E-state index in [2.05, 4.69) is 10.3 Å². The molecular formula is C10H18N2O4. The van der Waals surface area contributed by atoms with E-state index in [0.717, 1.165) is 25.7 Å². The van der Waals surface area contributed by atoms with Crippen molar-refractivity contribution in [3.63, 3.8) is 0 Å². The molecule has 1 aliphatic carbocycles. The third-order valence-electron chi connectivity index (χ3n) is 2.80. The lowest BCUT2D eigenvalue weighted by atomic mass is 9.95. The van der Waals surface area contributed by atoms with Gasteiger partial charge in [0.1, 0.15) is 0 Å². The van der Waals surface area contributed by atoms with Crippen LogP contribution < -0.4 is 5.48 Å². The number of amides is 2. The zero-order valence-electron chi connectivity index (χ0n) is 9.44. The maximum Gasteiger partial charge on any atom is 0.341 e. The minimum atomic E-state index is -1.11. The van der Waals surface area contributed by atoms with Gasteiger partial charge in [0.15, 0.2) is 6.61 Å². The highest BCUT2D eigenvalue weighted by Gasteiger charge is 2.21. The lowest BCUT2D eigenvalue weighted by Crippen LogP contribution is -2.44. The van der Waals surface area contributed by atoms with Gasteiger partial charge in [-0.2, -0.15) is 0 Å². The molecular weight excluding hydrogens is 212 g/mol. The van der Waals surface area contributed by atoms with Gasteiger partial charge < -0.3 is 10.0 Å². The summed E-state index contributed by atoms with van der Waals surface area (Å²) in [6.07, 6.45) is 5.50. The van der Waals surface area contributed by atoms with Gasteiger partial charge in [-0.1, -0.05) is 19.3 Å². The largest absolute Gasteiger partial charge is 0.479 e. The molecule has 16 heavy (non-hydrogen) atoms. The molecule has 1 aliphatic rings. The monoisotopic (exact) mass is 230 g/mol. The number of hydrogen-bond acceptors (Lipinski definition) is 3. The summed E-state index contributed by atoms with van der Waals surface area (Å²) in [7, 11) is 1.70. The summed E-state index contributed by atoms with van der Waals surface area (Å²) in [4.78, 5) is 27.8. The summed E-state index contributed by atoms with van der Waals surface area (Å²) in [6, 6.07) is -0.143. The quantitative estimate of drug-likeness (QED) is 0.705. The minimum Gasteiger partial charge on any atom is -0.479 e. The van der Waals surface area contributed by atoms with Crippen LogP contribution in [0.3, 0.4) is 0 Å². The Morgan fingerprint density at radius 1 is 1.38 bits per heavy atom. The molecule has 0 unspecified atom stereocenters. The van der Waals surface area contributed by atoms with E-state index >= 15 is 0 Å². The average molecular weight is 230 g/mol. The summed E-state index contributed by atoms with van der Waals surface area (Å²) >= 11 is 0. The highest BCUT2D eigenvalue weighted by atomic mass is 16.7. The number of urea groups is 1. The van der Waals surface area contributed by atoms with E-state index < -0.39 is 12.6 Å². The lowest BCUT2D eigenvalue weighted by Gasteiger charge is -2.30. The van der Waals surface area contributed by atoms with Crippen LogP contribution in [0.4, 0.5) is 4.79 Å². The Balaban J connectivity index is 2.26. The molecule has 2 N–H and O–H groups in total. The molecule has 0 aromatic rings. The first kappa shape index (κ1) is 12.8. The van der Waals surface area contributed by atoms with Crippen molar-refractivity contribution in [2.24, 2.45) is 0 Å². The van der Waals surface area contributed by atoms with E-state index in [1.807, 2.05) is 0 Å². The number of rotatable bonds is 4. The summed E-state index contributed by atoms with van der Waals surface area (Å²) in [6.45, 7) is -0.524. The molecule has 0 bridgehead atoms. The number of hydroxylamine groups is 1. The predicted molar refractivity (Wildman–Crippen MR) is 56.8 cm³/mol. The highest BCUT2D eigenvalue weighted by molar-refractivity contribution is 5.73. The molecule has 0 aliphatic heterocycles. The van der Waals surface area contributed by atoms with Crippen molar-refractivity contribution < 1.29 is 19.5 Å². The second-order valence-electron chi connectivity index (χ2n) is 3.99. The molecule has 0 atom stereocenters. The van der Waals surface area contributed by atoms with Crippen LogP contribution in [0, 0.1) is 0 Å². The molecule has 92 valence electrons. The molecule has 0 heterocycles. The first-order valence-electron chi connectivity index (χ1n) is 5.47. The van der Waals surface area contributed by atoms with Crippen molar-refractivity contribution in [2.45, 2.75) is 38.1 Å². The third kappa shape index (κ3) is 4.06. The van der Waals surface area contributed by atoms with E-state index in [-0.39, 0.29) is 12.1 Å². The Bertz CT molecular complexity index is 251. The Morgan fingerprint density at radius 3 is 2.56 bits per heavy atom. The molecule has 1 rings (SSSR count). The fourth-order valence-corrected chi connectivity index (χ4v) is 1.87. The second kappa shape index (κ2) is 6.32. The van der Waals surface area contributed by atoms with Gasteiger partial charge in [-0.15, -0.1) is 0 Å². The van der Waals surface area contributed by atoms with Crippen molar-refractivity contribution in [3.05, 3.63) is 0 Å².